The van der Waals surface area contributed by atoms with Gasteiger partial charge >= 0.3 is 5.97 Å². The number of hydrogen-bond donors (Lipinski definition) is 0. The van der Waals surface area contributed by atoms with Crippen molar-refractivity contribution in [1.82, 2.24) is 0 Å². The van der Waals surface area contributed by atoms with E-state index in [4.69, 9.17) is 4.43 Å². The molecule has 0 aromatic rings. The van der Waals surface area contributed by atoms with Gasteiger partial charge in [-0.05, 0) is 35.4 Å². The molecule has 0 spiro atoms. The van der Waals surface area contributed by atoms with Gasteiger partial charge in [0, 0.05) is 5.57 Å². The topological polar surface area (TPSA) is 26.3 Å². The fourth-order valence-electron chi connectivity index (χ4n) is 2.88. The molecule has 0 aliphatic rings. The van der Waals surface area contributed by atoms with E-state index in [1.165, 1.54) is 0 Å². The predicted octanol–water partition coefficient (Wildman–Crippen LogP) is 5.55. The highest BCUT2D eigenvalue weighted by atomic mass is 28.4. The molecule has 118 valence electrons. The Kier molecular flexibility index (Phi) is 6.73. The summed E-state index contributed by atoms with van der Waals surface area (Å²) in [4.78, 5) is 12.2. The number of hydrogen-bond acceptors (Lipinski definition) is 2. The van der Waals surface area contributed by atoms with Gasteiger partial charge < -0.3 is 4.43 Å². The first-order valence-corrected chi connectivity index (χ1v) is 9.96. The van der Waals surface area contributed by atoms with Crippen molar-refractivity contribution < 1.29 is 9.22 Å². The van der Waals surface area contributed by atoms with Crippen molar-refractivity contribution in [2.45, 2.75) is 78.9 Å². The highest BCUT2D eigenvalue weighted by Crippen LogP contribution is 2.53. The maximum atomic E-state index is 12.2. The lowest BCUT2D eigenvalue weighted by atomic mass is 9.99. The van der Waals surface area contributed by atoms with Crippen molar-refractivity contribution in [2.75, 3.05) is 0 Å². The summed E-state index contributed by atoms with van der Waals surface area (Å²) in [6, 6.07) is 1.01. The normalized spacial score (nSPS) is 15.6. The monoisotopic (exact) mass is 298 g/mol. The largest absolute Gasteiger partial charge is 0.515 e. The van der Waals surface area contributed by atoms with Crippen LogP contribution in [0.4, 0.5) is 0 Å². The van der Waals surface area contributed by atoms with E-state index in [-0.39, 0.29) is 11.0 Å². The van der Waals surface area contributed by atoms with Crippen LogP contribution in [0.1, 0.15) is 62.3 Å². The minimum Gasteiger partial charge on any atom is -0.515 e. The van der Waals surface area contributed by atoms with Gasteiger partial charge in [0.2, 0.25) is 0 Å². The summed E-state index contributed by atoms with van der Waals surface area (Å²) >= 11 is 0. The van der Waals surface area contributed by atoms with E-state index in [0.29, 0.717) is 23.0 Å². The van der Waals surface area contributed by atoms with E-state index in [0.717, 1.165) is 6.04 Å². The first-order chi connectivity index (χ1) is 8.88. The number of carbonyl (C=O) groups is 1. The SMILES string of the molecule is C=C(C)C(=O)O[Si](CC(C)C)(C(C)C)C(C)(C)C(C)C. The van der Waals surface area contributed by atoms with E-state index < -0.39 is 8.32 Å². The van der Waals surface area contributed by atoms with Gasteiger partial charge in [0.15, 0.2) is 0 Å². The molecule has 0 aromatic carbocycles. The van der Waals surface area contributed by atoms with Crippen molar-refractivity contribution in [3.05, 3.63) is 12.2 Å². The molecule has 1 atom stereocenters. The summed E-state index contributed by atoms with van der Waals surface area (Å²) in [7, 11) is -2.26. The second-order valence-electron chi connectivity index (χ2n) is 7.69. The van der Waals surface area contributed by atoms with Crippen LogP contribution < -0.4 is 0 Å². The molecule has 1 unspecified atom stereocenters. The summed E-state index contributed by atoms with van der Waals surface area (Å²) in [6.45, 7) is 23.4. The third kappa shape index (κ3) is 3.97. The summed E-state index contributed by atoms with van der Waals surface area (Å²) in [5.74, 6) is 0.799. The molecule has 0 aromatic heterocycles. The molecule has 0 bridgehead atoms. The van der Waals surface area contributed by atoms with Crippen LogP contribution in [0.2, 0.25) is 16.6 Å². The zero-order valence-electron chi connectivity index (χ0n) is 15.0. The van der Waals surface area contributed by atoms with E-state index in [2.05, 4.69) is 62.0 Å². The van der Waals surface area contributed by atoms with E-state index >= 15 is 0 Å². The lowest BCUT2D eigenvalue weighted by Gasteiger charge is -2.49. The highest BCUT2D eigenvalue weighted by molar-refractivity contribution is 6.79. The third-order valence-corrected chi connectivity index (χ3v) is 11.4. The van der Waals surface area contributed by atoms with Crippen LogP contribution in [-0.4, -0.2) is 14.3 Å². The molecule has 0 saturated heterocycles. The van der Waals surface area contributed by atoms with Gasteiger partial charge in [-0.25, -0.2) is 4.79 Å². The average Bonchev–Trinajstić information content (AvgIpc) is 2.25. The van der Waals surface area contributed by atoms with Gasteiger partial charge in [-0.15, -0.1) is 0 Å². The summed E-state index contributed by atoms with van der Waals surface area (Å²) < 4.78 is 6.20. The van der Waals surface area contributed by atoms with Crippen LogP contribution in [0.15, 0.2) is 12.2 Å². The molecule has 2 nitrogen and oxygen atoms in total. The molecule has 0 aliphatic heterocycles. The molecule has 0 heterocycles. The van der Waals surface area contributed by atoms with Crippen LogP contribution in [-0.2, 0) is 9.22 Å². The lowest BCUT2D eigenvalue weighted by Crippen LogP contribution is -2.55. The van der Waals surface area contributed by atoms with Gasteiger partial charge in [-0.2, -0.15) is 0 Å². The number of rotatable bonds is 7. The van der Waals surface area contributed by atoms with Crippen molar-refractivity contribution in [1.29, 1.82) is 0 Å². The van der Waals surface area contributed by atoms with Crippen LogP contribution >= 0.6 is 0 Å². The Bertz CT molecular complexity index is 356. The fourth-order valence-corrected chi connectivity index (χ4v) is 8.64. The smallest absolute Gasteiger partial charge is 0.319 e. The summed E-state index contributed by atoms with van der Waals surface area (Å²) in [5, 5.41) is 0.0382. The first kappa shape index (κ1) is 19.4. The lowest BCUT2D eigenvalue weighted by molar-refractivity contribution is -0.131. The van der Waals surface area contributed by atoms with Crippen LogP contribution in [0.5, 0.6) is 0 Å². The molecule has 0 saturated carbocycles. The van der Waals surface area contributed by atoms with Gasteiger partial charge in [0.25, 0.3) is 8.32 Å². The van der Waals surface area contributed by atoms with Crippen molar-refractivity contribution in [3.8, 4) is 0 Å². The van der Waals surface area contributed by atoms with Crippen LogP contribution in [0, 0.1) is 11.8 Å². The van der Waals surface area contributed by atoms with Gasteiger partial charge in [-0.3, -0.25) is 0 Å². The molecule has 0 radical (unpaired) electrons. The maximum absolute atomic E-state index is 12.2. The van der Waals surface area contributed by atoms with Gasteiger partial charge in [0.05, 0.1) is 0 Å². The molecule has 20 heavy (non-hydrogen) atoms. The standard InChI is InChI=1S/C17H34O2Si/c1-12(2)11-20(15(7)8,17(9,10)14(5)6)19-16(18)13(3)4/h12,14-15H,3,11H2,1-2,4-10H3. The van der Waals surface area contributed by atoms with E-state index in [1.54, 1.807) is 6.92 Å². The second kappa shape index (κ2) is 6.93. The molecular weight excluding hydrogens is 264 g/mol. The third-order valence-electron chi connectivity index (χ3n) is 4.80. The first-order valence-electron chi connectivity index (χ1n) is 7.77. The van der Waals surface area contributed by atoms with E-state index in [1.807, 2.05) is 0 Å². The zero-order valence-corrected chi connectivity index (χ0v) is 16.0. The molecule has 0 aliphatic carbocycles. The highest BCUT2D eigenvalue weighted by Gasteiger charge is 2.55. The molecule has 0 amide bonds. The van der Waals surface area contributed by atoms with Crippen molar-refractivity contribution in [2.24, 2.45) is 11.8 Å². The van der Waals surface area contributed by atoms with Crippen molar-refractivity contribution in [3.63, 3.8) is 0 Å². The predicted molar refractivity (Wildman–Crippen MR) is 90.3 cm³/mol. The Morgan fingerprint density at radius 2 is 1.60 bits per heavy atom. The number of carbonyl (C=O) groups excluding carboxylic acids is 1. The van der Waals surface area contributed by atoms with Gasteiger partial charge in [0.1, 0.15) is 0 Å². The second-order valence-corrected chi connectivity index (χ2v) is 12.5. The molecule has 0 rings (SSSR count). The fraction of sp³-hybridized carbons (Fsp3) is 0.824. The molecule has 0 N–H and O–H groups in total. The van der Waals surface area contributed by atoms with Crippen LogP contribution in [0.3, 0.4) is 0 Å². The maximum Gasteiger partial charge on any atom is 0.319 e. The van der Waals surface area contributed by atoms with Crippen molar-refractivity contribution >= 4 is 14.3 Å². The summed E-state index contributed by atoms with van der Waals surface area (Å²) in [6.07, 6.45) is 0. The quantitative estimate of drug-likeness (QED) is 0.455. The average molecular weight is 299 g/mol. The Morgan fingerprint density at radius 3 is 1.85 bits per heavy atom. The zero-order chi connectivity index (χ0) is 16.3. The molecular formula is C17H34O2Si. The molecule has 3 heteroatoms. The Balaban J connectivity index is 5.83. The Morgan fingerprint density at radius 1 is 1.15 bits per heavy atom. The van der Waals surface area contributed by atoms with Crippen LogP contribution in [0.25, 0.3) is 0 Å². The Labute approximate surface area is 127 Å². The Hall–Kier alpha value is -0.573. The summed E-state index contributed by atoms with van der Waals surface area (Å²) in [5.41, 5.74) is 0.899. The molecule has 0 fully saturated rings. The minimum absolute atomic E-state index is 0.0382. The van der Waals surface area contributed by atoms with E-state index in [9.17, 15) is 4.79 Å². The van der Waals surface area contributed by atoms with Gasteiger partial charge in [-0.1, -0.05) is 62.0 Å². The minimum atomic E-state index is -2.26.